The highest BCUT2D eigenvalue weighted by atomic mass is 31.1. The lowest BCUT2D eigenvalue weighted by molar-refractivity contribution is 0.705. The molecule has 0 bridgehead atoms. The van der Waals surface area contributed by atoms with Gasteiger partial charge < -0.3 is 0 Å². The Kier molecular flexibility index (Phi) is 5.45. The van der Waals surface area contributed by atoms with Crippen LogP contribution < -0.4 is 0 Å². The topological polar surface area (TPSA) is 0 Å². The molecule has 0 aliphatic heterocycles. The van der Waals surface area contributed by atoms with E-state index in [0.717, 1.165) is 17.5 Å². The molecule has 0 aromatic rings. The highest BCUT2D eigenvalue weighted by molar-refractivity contribution is 7.58. The molecule has 1 rings (SSSR count). The van der Waals surface area contributed by atoms with E-state index in [4.69, 9.17) is 0 Å². The number of rotatable bonds is 5. The van der Waals surface area contributed by atoms with Crippen molar-refractivity contribution in [2.45, 2.75) is 59.0 Å². The van der Waals surface area contributed by atoms with E-state index in [1.807, 2.05) is 0 Å². The zero-order chi connectivity index (χ0) is 10.6. The van der Waals surface area contributed by atoms with Gasteiger partial charge in [-0.05, 0) is 42.7 Å². The summed E-state index contributed by atoms with van der Waals surface area (Å²) in [5, 5.41) is 0. The van der Waals surface area contributed by atoms with Gasteiger partial charge in [-0.1, -0.05) is 40.5 Å². The molecule has 1 aliphatic carbocycles. The maximum Gasteiger partial charge on any atom is -0.0209 e. The molecule has 1 fully saturated rings. The lowest BCUT2D eigenvalue weighted by atomic mass is 10.3. The Morgan fingerprint density at radius 1 is 0.929 bits per heavy atom. The van der Waals surface area contributed by atoms with Gasteiger partial charge in [-0.25, -0.2) is 0 Å². The van der Waals surface area contributed by atoms with Gasteiger partial charge in [-0.15, -0.1) is 7.92 Å². The van der Waals surface area contributed by atoms with E-state index < -0.39 is 0 Å². The van der Waals surface area contributed by atoms with Gasteiger partial charge in [-0.3, -0.25) is 0 Å². The number of hydrogen-bond donors (Lipinski definition) is 0. The first-order valence-corrected chi connectivity index (χ1v) is 8.11. The third-order valence-corrected chi connectivity index (χ3v) is 6.99. The molecule has 0 unspecified atom stereocenters. The van der Waals surface area contributed by atoms with E-state index in [-0.39, 0.29) is 0 Å². The summed E-state index contributed by atoms with van der Waals surface area (Å²) in [6, 6.07) is 0. The Morgan fingerprint density at radius 3 is 1.71 bits per heavy atom. The molecule has 0 aromatic heterocycles. The van der Waals surface area contributed by atoms with Gasteiger partial charge in [0.1, 0.15) is 0 Å². The Labute approximate surface area is 91.6 Å². The molecule has 0 saturated heterocycles. The van der Waals surface area contributed by atoms with Crippen LogP contribution in [0.5, 0.6) is 0 Å². The minimum Gasteiger partial charge on any atom is -0.103 e. The minimum absolute atomic E-state index is 0.359. The van der Waals surface area contributed by atoms with Crippen LogP contribution in [-0.4, -0.2) is 18.0 Å². The molecule has 84 valence electrons. The van der Waals surface area contributed by atoms with Crippen LogP contribution in [0, 0.1) is 11.8 Å². The Hall–Kier alpha value is 0.430. The SMILES string of the molecule is CC(C)CP(CC(C)C)C1CCCC1. The Morgan fingerprint density at radius 2 is 1.36 bits per heavy atom. The summed E-state index contributed by atoms with van der Waals surface area (Å²) in [6.45, 7) is 9.57. The monoisotopic (exact) mass is 214 g/mol. The second-order valence-corrected chi connectivity index (χ2v) is 8.32. The van der Waals surface area contributed by atoms with Gasteiger partial charge >= 0.3 is 0 Å². The van der Waals surface area contributed by atoms with E-state index in [1.54, 1.807) is 12.8 Å². The molecule has 0 N–H and O–H groups in total. The van der Waals surface area contributed by atoms with E-state index in [2.05, 4.69) is 27.7 Å². The molecular formula is C13H27P. The fraction of sp³-hybridized carbons (Fsp3) is 1.00. The predicted octanol–water partition coefficient (Wildman–Crippen LogP) is 4.72. The van der Waals surface area contributed by atoms with Crippen molar-refractivity contribution in [2.24, 2.45) is 11.8 Å². The van der Waals surface area contributed by atoms with Crippen molar-refractivity contribution in [1.29, 1.82) is 0 Å². The molecule has 1 aliphatic rings. The summed E-state index contributed by atoms with van der Waals surface area (Å²) >= 11 is 0. The fourth-order valence-electron chi connectivity index (χ4n) is 2.58. The van der Waals surface area contributed by atoms with Crippen LogP contribution in [0.15, 0.2) is 0 Å². The molecule has 1 heteroatoms. The van der Waals surface area contributed by atoms with Gasteiger partial charge in [0.2, 0.25) is 0 Å². The van der Waals surface area contributed by atoms with Crippen LogP contribution >= 0.6 is 7.92 Å². The summed E-state index contributed by atoms with van der Waals surface area (Å²) in [5.41, 5.74) is 1.13. The van der Waals surface area contributed by atoms with Crippen LogP contribution in [0.4, 0.5) is 0 Å². The largest absolute Gasteiger partial charge is 0.103 e. The third kappa shape index (κ3) is 4.30. The average molecular weight is 214 g/mol. The lowest BCUT2D eigenvalue weighted by Gasteiger charge is -2.27. The molecular weight excluding hydrogens is 187 g/mol. The molecule has 0 atom stereocenters. The standard InChI is InChI=1S/C13H27P/c1-11(2)9-14(10-12(3)4)13-7-5-6-8-13/h11-13H,5-10H2,1-4H3. The zero-order valence-electron chi connectivity index (χ0n) is 10.4. The van der Waals surface area contributed by atoms with Crippen molar-refractivity contribution >= 4 is 7.92 Å². The smallest absolute Gasteiger partial charge is 0.0209 e. The summed E-state index contributed by atoms with van der Waals surface area (Å²) in [6.07, 6.45) is 9.17. The Balaban J connectivity index is 2.42. The molecule has 0 amide bonds. The molecule has 14 heavy (non-hydrogen) atoms. The molecule has 0 aromatic carbocycles. The molecule has 0 radical (unpaired) electrons. The van der Waals surface area contributed by atoms with Crippen molar-refractivity contribution in [3.05, 3.63) is 0 Å². The maximum absolute atomic E-state index is 2.39. The first-order chi connectivity index (χ1) is 6.59. The minimum atomic E-state index is 0.359. The van der Waals surface area contributed by atoms with E-state index in [1.165, 1.54) is 25.2 Å². The summed E-state index contributed by atoms with van der Waals surface area (Å²) < 4.78 is 0. The van der Waals surface area contributed by atoms with Crippen LogP contribution in [0.2, 0.25) is 0 Å². The molecule has 0 spiro atoms. The van der Waals surface area contributed by atoms with E-state index >= 15 is 0 Å². The first kappa shape index (κ1) is 12.5. The van der Waals surface area contributed by atoms with Crippen LogP contribution in [-0.2, 0) is 0 Å². The van der Waals surface area contributed by atoms with Crippen LogP contribution in [0.25, 0.3) is 0 Å². The first-order valence-electron chi connectivity index (χ1n) is 6.33. The van der Waals surface area contributed by atoms with Crippen LogP contribution in [0.3, 0.4) is 0 Å². The Bertz CT molecular complexity index is 135. The van der Waals surface area contributed by atoms with Crippen molar-refractivity contribution in [3.63, 3.8) is 0 Å². The quantitative estimate of drug-likeness (QED) is 0.581. The summed E-state index contributed by atoms with van der Waals surface area (Å²) in [7, 11) is 0.359. The molecule has 1 saturated carbocycles. The molecule has 0 heterocycles. The van der Waals surface area contributed by atoms with Gasteiger partial charge in [0.05, 0.1) is 0 Å². The van der Waals surface area contributed by atoms with Crippen molar-refractivity contribution in [1.82, 2.24) is 0 Å². The van der Waals surface area contributed by atoms with Crippen LogP contribution in [0.1, 0.15) is 53.4 Å². The average Bonchev–Trinajstić information content (AvgIpc) is 2.52. The van der Waals surface area contributed by atoms with E-state index in [9.17, 15) is 0 Å². The van der Waals surface area contributed by atoms with Gasteiger partial charge in [0.25, 0.3) is 0 Å². The predicted molar refractivity (Wildman–Crippen MR) is 68.6 cm³/mol. The fourth-order valence-corrected chi connectivity index (χ4v) is 6.30. The third-order valence-electron chi connectivity index (χ3n) is 3.04. The maximum atomic E-state index is 2.39. The van der Waals surface area contributed by atoms with Gasteiger partial charge in [0, 0.05) is 0 Å². The summed E-state index contributed by atoms with van der Waals surface area (Å²) in [4.78, 5) is 0. The van der Waals surface area contributed by atoms with Crippen molar-refractivity contribution < 1.29 is 0 Å². The van der Waals surface area contributed by atoms with Gasteiger partial charge in [0.15, 0.2) is 0 Å². The highest BCUT2D eigenvalue weighted by Gasteiger charge is 2.25. The normalized spacial score (nSPS) is 19.1. The van der Waals surface area contributed by atoms with Crippen molar-refractivity contribution in [3.8, 4) is 0 Å². The zero-order valence-corrected chi connectivity index (χ0v) is 11.3. The second-order valence-electron chi connectivity index (χ2n) is 5.68. The van der Waals surface area contributed by atoms with Crippen molar-refractivity contribution in [2.75, 3.05) is 12.3 Å². The lowest BCUT2D eigenvalue weighted by Crippen LogP contribution is -2.11. The molecule has 0 nitrogen and oxygen atoms in total. The number of hydrogen-bond acceptors (Lipinski definition) is 0. The highest BCUT2D eigenvalue weighted by Crippen LogP contribution is 2.50. The summed E-state index contributed by atoms with van der Waals surface area (Å²) in [5.74, 6) is 1.83. The second kappa shape index (κ2) is 6.11. The van der Waals surface area contributed by atoms with E-state index in [0.29, 0.717) is 7.92 Å². The van der Waals surface area contributed by atoms with Gasteiger partial charge in [-0.2, -0.15) is 0 Å².